The third kappa shape index (κ3) is 43.3. The molecule has 0 aromatic rings. The molecular formula is C47H86NO7P. The summed E-state index contributed by atoms with van der Waals surface area (Å²) in [7, 11) is 1.30. The number of nitrogens with zero attached hydrogens (tertiary/aromatic N) is 1. The van der Waals surface area contributed by atoms with Crippen LogP contribution in [-0.4, -0.2) is 70.7 Å². The smallest absolute Gasteiger partial charge is 0.310 e. The van der Waals surface area contributed by atoms with Gasteiger partial charge in [0.05, 0.1) is 40.8 Å². The summed E-state index contributed by atoms with van der Waals surface area (Å²) in [4.78, 5) is 25.0. The number of phosphoric ester groups is 1. The van der Waals surface area contributed by atoms with Gasteiger partial charge >= 0.3 is 5.97 Å². The Hall–Kier alpha value is -1.80. The summed E-state index contributed by atoms with van der Waals surface area (Å²) in [5.74, 6) is -0.459. The van der Waals surface area contributed by atoms with E-state index in [0.717, 1.165) is 38.5 Å². The molecular weight excluding hydrogens is 721 g/mol. The predicted molar refractivity (Wildman–Crippen MR) is 236 cm³/mol. The van der Waals surface area contributed by atoms with Crippen LogP contribution in [0.15, 0.2) is 60.8 Å². The van der Waals surface area contributed by atoms with Crippen LogP contribution in [0.3, 0.4) is 0 Å². The fourth-order valence-corrected chi connectivity index (χ4v) is 6.64. The van der Waals surface area contributed by atoms with Crippen molar-refractivity contribution >= 4 is 13.8 Å². The monoisotopic (exact) mass is 808 g/mol. The molecule has 0 aromatic heterocycles. The first kappa shape index (κ1) is 54.2. The molecule has 0 heterocycles. The Morgan fingerprint density at radius 1 is 0.554 bits per heavy atom. The molecule has 0 amide bonds. The largest absolute Gasteiger partial charge is 0.756 e. The Morgan fingerprint density at radius 3 is 1.39 bits per heavy atom. The third-order valence-electron chi connectivity index (χ3n) is 9.37. The van der Waals surface area contributed by atoms with Crippen molar-refractivity contribution in [2.45, 2.75) is 180 Å². The molecule has 2 unspecified atom stereocenters. The molecule has 0 saturated heterocycles. The van der Waals surface area contributed by atoms with Gasteiger partial charge in [-0.3, -0.25) is 9.36 Å². The van der Waals surface area contributed by atoms with Gasteiger partial charge in [-0.2, -0.15) is 0 Å². The summed E-state index contributed by atoms with van der Waals surface area (Å²) in [6.45, 7) is 5.17. The Balaban J connectivity index is 4.30. The zero-order valence-corrected chi connectivity index (χ0v) is 37.7. The van der Waals surface area contributed by atoms with Gasteiger partial charge in [0.25, 0.3) is 7.82 Å². The van der Waals surface area contributed by atoms with E-state index >= 15 is 0 Å². The van der Waals surface area contributed by atoms with Gasteiger partial charge in [-0.05, 0) is 38.5 Å². The Morgan fingerprint density at radius 2 is 0.964 bits per heavy atom. The number of hydrogen-bond donors (Lipinski definition) is 0. The van der Waals surface area contributed by atoms with Crippen molar-refractivity contribution in [3.63, 3.8) is 0 Å². The van der Waals surface area contributed by atoms with Crippen LogP contribution < -0.4 is 4.89 Å². The molecule has 56 heavy (non-hydrogen) atoms. The summed E-state index contributed by atoms with van der Waals surface area (Å²) in [6, 6.07) is 0. The summed E-state index contributed by atoms with van der Waals surface area (Å²) >= 11 is 0. The van der Waals surface area contributed by atoms with Crippen molar-refractivity contribution in [3.8, 4) is 0 Å². The van der Waals surface area contributed by atoms with E-state index in [4.69, 9.17) is 18.5 Å². The second-order valence-corrected chi connectivity index (χ2v) is 17.5. The summed E-state index contributed by atoms with van der Waals surface area (Å²) in [5.41, 5.74) is 0. The minimum atomic E-state index is -4.55. The van der Waals surface area contributed by atoms with Gasteiger partial charge in [0, 0.05) is 6.61 Å². The van der Waals surface area contributed by atoms with Crippen LogP contribution in [0.5, 0.6) is 0 Å². The molecule has 8 nitrogen and oxygen atoms in total. The lowest BCUT2D eigenvalue weighted by atomic mass is 10.0. The molecule has 0 bridgehead atoms. The van der Waals surface area contributed by atoms with Crippen LogP contribution in [0.2, 0.25) is 0 Å². The predicted octanol–water partition coefficient (Wildman–Crippen LogP) is 12.7. The second-order valence-electron chi connectivity index (χ2n) is 16.1. The maximum Gasteiger partial charge on any atom is 0.310 e. The molecule has 0 aliphatic rings. The van der Waals surface area contributed by atoms with Crippen molar-refractivity contribution < 1.29 is 37.3 Å². The standard InChI is InChI=1S/C47H86NO7P/c1-6-8-10-12-14-16-18-20-22-23-24-25-27-29-31-33-35-37-39-42-52-44-46(45-54-56(50,51)53-43-41-48(3,4)5)55-47(49)40-38-36-34-32-30-28-26-21-19-17-15-13-11-9-7-2/h9,11,15,17,21,26,30,32,36,38,46H,6-8,10,12-14,16,18-20,22-25,27-29,31,33-35,37,39-45H2,1-5H3/b11-9-,17-15-,26-21-,32-30-,38-36-. The maximum atomic E-state index is 12.6. The van der Waals surface area contributed by atoms with Crippen LogP contribution >= 0.6 is 7.82 Å². The SMILES string of the molecule is CC/C=C\C/C=C\C/C=C\C/C=C\C/C=C\CC(=O)OC(COCCCCCCCCCCCCCCCCCCCCC)COP(=O)([O-])OCC[N+](C)(C)C. The first-order valence-electron chi connectivity index (χ1n) is 22.5. The average Bonchev–Trinajstić information content (AvgIpc) is 3.15. The summed E-state index contributed by atoms with van der Waals surface area (Å²) < 4.78 is 34.5. The van der Waals surface area contributed by atoms with Gasteiger partial charge in [-0.25, -0.2) is 0 Å². The van der Waals surface area contributed by atoms with Gasteiger partial charge in [0.2, 0.25) is 0 Å². The lowest BCUT2D eigenvalue weighted by molar-refractivity contribution is -0.870. The highest BCUT2D eigenvalue weighted by molar-refractivity contribution is 7.45. The van der Waals surface area contributed by atoms with Crippen LogP contribution in [0.25, 0.3) is 0 Å². The van der Waals surface area contributed by atoms with Crippen LogP contribution in [0.1, 0.15) is 174 Å². The number of hydrogen-bond acceptors (Lipinski definition) is 7. The van der Waals surface area contributed by atoms with E-state index in [1.807, 2.05) is 27.2 Å². The fourth-order valence-electron chi connectivity index (χ4n) is 5.92. The van der Waals surface area contributed by atoms with Gasteiger partial charge in [-0.15, -0.1) is 0 Å². The number of ether oxygens (including phenoxy) is 2. The first-order chi connectivity index (χ1) is 27.1. The fraction of sp³-hybridized carbons (Fsp3) is 0.766. The number of phosphoric acid groups is 1. The molecule has 0 rings (SSSR count). The summed E-state index contributed by atoms with van der Waals surface area (Å²) in [5, 5.41) is 0. The summed E-state index contributed by atoms with van der Waals surface area (Å²) in [6.07, 6.45) is 49.9. The van der Waals surface area contributed by atoms with E-state index in [2.05, 4.69) is 62.5 Å². The Bertz CT molecular complexity index is 1080. The normalized spacial score (nSPS) is 14.3. The van der Waals surface area contributed by atoms with Crippen molar-refractivity contribution in [2.75, 3.05) is 54.1 Å². The van der Waals surface area contributed by atoms with Crippen LogP contribution in [0.4, 0.5) is 0 Å². The van der Waals surface area contributed by atoms with Crippen molar-refractivity contribution in [1.29, 1.82) is 0 Å². The van der Waals surface area contributed by atoms with Crippen molar-refractivity contribution in [2.24, 2.45) is 0 Å². The van der Waals surface area contributed by atoms with Gasteiger partial charge in [0.15, 0.2) is 0 Å². The molecule has 0 aliphatic carbocycles. The molecule has 0 N–H and O–H groups in total. The molecule has 326 valence electrons. The number of carbonyl (C=O) groups excluding carboxylic acids is 1. The van der Waals surface area contributed by atoms with E-state index in [1.165, 1.54) is 109 Å². The Kier molecular flexibility index (Phi) is 38.7. The molecule has 0 aromatic carbocycles. The molecule has 0 fully saturated rings. The van der Waals surface area contributed by atoms with Crippen molar-refractivity contribution in [3.05, 3.63) is 60.8 Å². The van der Waals surface area contributed by atoms with Gasteiger partial charge in [0.1, 0.15) is 19.3 Å². The molecule has 2 atom stereocenters. The van der Waals surface area contributed by atoms with Crippen LogP contribution in [0, 0.1) is 0 Å². The molecule has 0 radical (unpaired) electrons. The number of esters is 1. The lowest BCUT2D eigenvalue weighted by Crippen LogP contribution is -2.37. The minimum absolute atomic E-state index is 0.00864. The van der Waals surface area contributed by atoms with E-state index in [1.54, 1.807) is 6.08 Å². The van der Waals surface area contributed by atoms with E-state index in [-0.39, 0.29) is 26.2 Å². The average molecular weight is 808 g/mol. The number of unbranched alkanes of at least 4 members (excludes halogenated alkanes) is 18. The molecule has 0 saturated carbocycles. The number of likely N-dealkylation sites (N-methyl/N-ethyl adjacent to an activating group) is 1. The third-order valence-corrected chi connectivity index (χ3v) is 10.3. The van der Waals surface area contributed by atoms with Crippen molar-refractivity contribution in [1.82, 2.24) is 0 Å². The lowest BCUT2D eigenvalue weighted by Gasteiger charge is -2.28. The zero-order chi connectivity index (χ0) is 41.3. The highest BCUT2D eigenvalue weighted by Crippen LogP contribution is 2.38. The highest BCUT2D eigenvalue weighted by atomic mass is 31.2. The number of carbonyl (C=O) groups is 1. The van der Waals surface area contributed by atoms with E-state index in [9.17, 15) is 14.3 Å². The molecule has 0 spiro atoms. The number of rotatable bonds is 41. The molecule has 9 heteroatoms. The first-order valence-corrected chi connectivity index (χ1v) is 24.0. The maximum absolute atomic E-state index is 12.6. The van der Waals surface area contributed by atoms with Gasteiger partial charge < -0.3 is 27.9 Å². The molecule has 0 aliphatic heterocycles. The highest BCUT2D eigenvalue weighted by Gasteiger charge is 2.20. The second kappa shape index (κ2) is 40.0. The number of allylic oxidation sites excluding steroid dienone is 9. The minimum Gasteiger partial charge on any atom is -0.756 e. The van der Waals surface area contributed by atoms with Crippen LogP contribution in [-0.2, 0) is 27.9 Å². The van der Waals surface area contributed by atoms with E-state index in [0.29, 0.717) is 24.1 Å². The van der Waals surface area contributed by atoms with E-state index < -0.39 is 19.9 Å². The van der Waals surface area contributed by atoms with Gasteiger partial charge in [-0.1, -0.05) is 190 Å². The quantitative estimate of drug-likeness (QED) is 0.0200. The Labute approximate surface area is 345 Å². The number of quaternary nitrogens is 1. The topological polar surface area (TPSA) is 94.1 Å². The zero-order valence-electron chi connectivity index (χ0n) is 36.8.